The summed E-state index contributed by atoms with van der Waals surface area (Å²) in [4.78, 5) is 11.8. The first-order chi connectivity index (χ1) is 21.4. The summed E-state index contributed by atoms with van der Waals surface area (Å²) in [5.74, 6) is 0.231. The zero-order chi connectivity index (χ0) is 32.0. The van der Waals surface area contributed by atoms with E-state index in [1.54, 1.807) is 60.7 Å². The number of hydrogen-bond donors (Lipinski definition) is 5. The van der Waals surface area contributed by atoms with Crippen molar-refractivity contribution in [2.24, 2.45) is 20.5 Å². The summed E-state index contributed by atoms with van der Waals surface area (Å²) >= 11 is 0. The van der Waals surface area contributed by atoms with Gasteiger partial charge >= 0.3 is 0 Å². The second-order valence-electron chi connectivity index (χ2n) is 8.97. The maximum Gasteiger partial charge on any atom is 0.296 e. The van der Waals surface area contributed by atoms with Crippen molar-refractivity contribution in [2.75, 3.05) is 16.4 Å². The van der Waals surface area contributed by atoms with E-state index in [2.05, 4.69) is 46.0 Å². The number of rotatable bonds is 10. The third kappa shape index (κ3) is 8.24. The predicted molar refractivity (Wildman–Crippen MR) is 165 cm³/mol. The van der Waals surface area contributed by atoms with Crippen molar-refractivity contribution in [3.05, 3.63) is 97.1 Å². The van der Waals surface area contributed by atoms with Crippen LogP contribution in [-0.2, 0) is 20.2 Å². The average molecular weight is 647 g/mol. The first-order valence-corrected chi connectivity index (χ1v) is 15.5. The van der Waals surface area contributed by atoms with Crippen LogP contribution in [0.1, 0.15) is 0 Å². The van der Waals surface area contributed by atoms with E-state index in [9.17, 15) is 25.9 Å². The Kier molecular flexibility index (Phi) is 8.81. The number of anilines is 5. The minimum atomic E-state index is -4.46. The van der Waals surface area contributed by atoms with Crippen LogP contribution in [0.5, 0.6) is 0 Å². The highest BCUT2D eigenvalue weighted by Crippen LogP contribution is 2.28. The third-order valence-corrected chi connectivity index (χ3v) is 7.53. The molecule has 6 N–H and O–H groups in total. The molecule has 0 fully saturated rings. The van der Waals surface area contributed by atoms with Gasteiger partial charge in [-0.15, -0.1) is 10.2 Å². The van der Waals surface area contributed by atoms with Gasteiger partial charge in [0.05, 0.1) is 11.4 Å². The van der Waals surface area contributed by atoms with Crippen molar-refractivity contribution in [3.63, 3.8) is 0 Å². The Morgan fingerprint density at radius 2 is 0.911 bits per heavy atom. The zero-order valence-electron chi connectivity index (χ0n) is 22.8. The number of nitrogen functional groups attached to an aromatic ring is 1. The Morgan fingerprint density at radius 3 is 1.29 bits per heavy atom. The zero-order valence-corrected chi connectivity index (χ0v) is 24.4. The number of benzene rings is 4. The first-order valence-electron chi connectivity index (χ1n) is 12.7. The van der Waals surface area contributed by atoms with Crippen LogP contribution in [-0.4, -0.2) is 40.9 Å². The van der Waals surface area contributed by atoms with Gasteiger partial charge in [-0.25, -0.2) is 0 Å². The Bertz CT molecular complexity index is 1980. The van der Waals surface area contributed by atoms with Gasteiger partial charge in [0, 0.05) is 11.4 Å². The molecule has 0 bridgehead atoms. The quantitative estimate of drug-likeness (QED) is 0.0832. The topological polar surface area (TPSA) is 247 Å². The van der Waals surface area contributed by atoms with E-state index < -0.39 is 20.2 Å². The lowest BCUT2D eigenvalue weighted by atomic mass is 10.3. The summed E-state index contributed by atoms with van der Waals surface area (Å²) in [5, 5.41) is 21.9. The Morgan fingerprint density at radius 1 is 0.533 bits per heavy atom. The molecule has 18 heteroatoms. The van der Waals surface area contributed by atoms with Crippen LogP contribution >= 0.6 is 0 Å². The first kappa shape index (κ1) is 30.8. The number of azo groups is 2. The van der Waals surface area contributed by atoms with Crippen molar-refractivity contribution < 1.29 is 25.9 Å². The Balaban J connectivity index is 1.24. The lowest BCUT2D eigenvalue weighted by molar-refractivity contribution is 0.481. The molecule has 0 saturated carbocycles. The van der Waals surface area contributed by atoms with Crippen LogP contribution in [0, 0.1) is 0 Å². The van der Waals surface area contributed by atoms with Gasteiger partial charge in [-0.1, -0.05) is 24.3 Å². The third-order valence-electron chi connectivity index (χ3n) is 5.73. The van der Waals surface area contributed by atoms with E-state index in [-0.39, 0.29) is 39.0 Å². The summed E-state index contributed by atoms with van der Waals surface area (Å²) in [7, 11) is -8.91. The molecule has 0 unspecified atom stereocenters. The molecule has 4 aromatic carbocycles. The lowest BCUT2D eigenvalue weighted by Gasteiger charge is -2.09. The molecule has 0 aliphatic carbocycles. The molecule has 0 aliphatic heterocycles. The number of hydrogen-bond acceptors (Lipinski definition) is 14. The van der Waals surface area contributed by atoms with E-state index in [1.165, 1.54) is 36.4 Å². The fraction of sp³-hybridized carbons (Fsp3) is 0. The lowest BCUT2D eigenvalue weighted by Crippen LogP contribution is -2.06. The molecule has 5 aromatic rings. The van der Waals surface area contributed by atoms with Gasteiger partial charge in [-0.2, -0.15) is 42.0 Å². The van der Waals surface area contributed by atoms with Gasteiger partial charge < -0.3 is 16.4 Å². The molecule has 228 valence electrons. The molecule has 0 amide bonds. The highest BCUT2D eigenvalue weighted by Gasteiger charge is 2.15. The molecule has 0 saturated heterocycles. The second kappa shape index (κ2) is 12.9. The number of aromatic nitrogens is 3. The molecule has 1 heterocycles. The molecule has 0 atom stereocenters. The van der Waals surface area contributed by atoms with Gasteiger partial charge in [0.1, 0.15) is 21.2 Å². The van der Waals surface area contributed by atoms with E-state index >= 15 is 0 Å². The van der Waals surface area contributed by atoms with E-state index in [0.29, 0.717) is 22.7 Å². The van der Waals surface area contributed by atoms with Gasteiger partial charge in [-0.3, -0.25) is 9.11 Å². The Labute approximate surface area is 256 Å². The Hall–Kier alpha value is -5.69. The SMILES string of the molecule is Nc1nc(Nc2ccc(N=Nc3ccccc3S(=O)(=O)O)cc2)nc(Nc2ccc(N=Nc3ccccc3S(=O)(=O)O)cc2)n1. The van der Waals surface area contributed by atoms with Crippen LogP contribution in [0.2, 0.25) is 0 Å². The highest BCUT2D eigenvalue weighted by molar-refractivity contribution is 7.86. The molecule has 16 nitrogen and oxygen atoms in total. The van der Waals surface area contributed by atoms with Crippen molar-refractivity contribution in [3.8, 4) is 0 Å². The molecule has 5 rings (SSSR count). The average Bonchev–Trinajstić information content (AvgIpc) is 2.99. The van der Waals surface area contributed by atoms with Gasteiger partial charge in [0.15, 0.2) is 0 Å². The van der Waals surface area contributed by atoms with Crippen LogP contribution in [0.4, 0.5) is 52.0 Å². The van der Waals surface area contributed by atoms with Gasteiger partial charge in [0.25, 0.3) is 20.2 Å². The second-order valence-corrected chi connectivity index (χ2v) is 11.8. The summed E-state index contributed by atoms with van der Waals surface area (Å²) < 4.78 is 64.9. The fourth-order valence-electron chi connectivity index (χ4n) is 3.72. The number of nitrogens with one attached hydrogen (secondary N) is 2. The summed E-state index contributed by atoms with van der Waals surface area (Å²) in [6.07, 6.45) is 0. The number of nitrogens with zero attached hydrogens (tertiary/aromatic N) is 7. The fourth-order valence-corrected chi connectivity index (χ4v) is 4.97. The van der Waals surface area contributed by atoms with Crippen LogP contribution < -0.4 is 16.4 Å². The number of nitrogens with two attached hydrogens (primary N) is 1. The monoisotopic (exact) mass is 646 g/mol. The molecule has 0 radical (unpaired) electrons. The van der Waals surface area contributed by atoms with E-state index in [0.717, 1.165) is 0 Å². The van der Waals surface area contributed by atoms with Crippen LogP contribution in [0.3, 0.4) is 0 Å². The van der Waals surface area contributed by atoms with Crippen molar-refractivity contribution in [1.82, 2.24) is 15.0 Å². The van der Waals surface area contributed by atoms with E-state index in [1.807, 2.05) is 0 Å². The highest BCUT2D eigenvalue weighted by atomic mass is 32.2. The largest absolute Gasteiger partial charge is 0.368 e. The standard InChI is InChI=1S/C27H22N10O6S2/c28-25-31-26(29-17-9-13-19(14-10-17)34-36-21-5-1-3-7-23(21)44(38,39)40)33-27(32-25)30-18-11-15-20(16-12-18)35-37-22-6-2-4-8-24(22)45(41,42)43/h1-16H,(H,38,39,40)(H,41,42,43)(H4,28,29,30,31,32,33). The minimum absolute atomic E-state index is 0.0108. The van der Waals surface area contributed by atoms with Crippen LogP contribution in [0.15, 0.2) is 127 Å². The predicted octanol–water partition coefficient (Wildman–Crippen LogP) is 6.27. The maximum absolute atomic E-state index is 11.5. The molecular formula is C27H22N10O6S2. The molecule has 45 heavy (non-hydrogen) atoms. The minimum Gasteiger partial charge on any atom is -0.368 e. The molecule has 0 aliphatic rings. The maximum atomic E-state index is 11.5. The van der Waals surface area contributed by atoms with Gasteiger partial charge in [-0.05, 0) is 72.8 Å². The normalized spacial score (nSPS) is 12.0. The summed E-state index contributed by atoms with van der Waals surface area (Å²) in [6, 6.07) is 24.5. The van der Waals surface area contributed by atoms with Crippen molar-refractivity contribution >= 4 is 72.2 Å². The van der Waals surface area contributed by atoms with Crippen molar-refractivity contribution in [1.29, 1.82) is 0 Å². The smallest absolute Gasteiger partial charge is 0.296 e. The van der Waals surface area contributed by atoms with E-state index in [4.69, 9.17) is 5.73 Å². The summed E-state index contributed by atoms with van der Waals surface area (Å²) in [5.41, 5.74) is 7.83. The van der Waals surface area contributed by atoms with Crippen LogP contribution in [0.25, 0.3) is 0 Å². The molecule has 0 spiro atoms. The molecular weight excluding hydrogens is 624 g/mol. The van der Waals surface area contributed by atoms with Gasteiger partial charge in [0.2, 0.25) is 17.8 Å². The summed E-state index contributed by atoms with van der Waals surface area (Å²) in [6.45, 7) is 0. The van der Waals surface area contributed by atoms with Crippen molar-refractivity contribution in [2.45, 2.75) is 9.79 Å². The molecule has 1 aromatic heterocycles.